The van der Waals surface area contributed by atoms with Crippen molar-refractivity contribution in [3.63, 3.8) is 0 Å². The molecular weight excluding hydrogens is 194 g/mol. The van der Waals surface area contributed by atoms with Crippen LogP contribution in [-0.4, -0.2) is 30.4 Å². The Morgan fingerprint density at radius 2 is 1.58 bits per heavy atom. The van der Waals surface area contributed by atoms with Crippen LogP contribution < -0.4 is 0 Å². The van der Waals surface area contributed by atoms with Gasteiger partial charge in [0.05, 0.1) is 0 Å². The molecule has 1 atom stereocenters. The van der Waals surface area contributed by atoms with Crippen LogP contribution >= 0.6 is 0 Å². The minimum Gasteiger partial charge on any atom is -0.370 e. The Hall–Kier alpha value is -0.500. The number of alkyl halides is 6. The first-order valence-corrected chi connectivity index (χ1v) is 2.55. The van der Waals surface area contributed by atoms with Gasteiger partial charge < -0.3 is 5.11 Å². The summed E-state index contributed by atoms with van der Waals surface area (Å²) in [5.41, 5.74) is 0. The van der Waals surface area contributed by atoms with Crippen LogP contribution in [0.2, 0.25) is 0 Å². The standard InChI is InChI=1S/C4H4F6O2/c5-2(3(6,7)8)4(9,10)12-1-11/h2,11H,1H2. The van der Waals surface area contributed by atoms with Crippen LogP contribution in [0.5, 0.6) is 0 Å². The summed E-state index contributed by atoms with van der Waals surface area (Å²) in [6, 6.07) is 0. The molecule has 12 heavy (non-hydrogen) atoms. The predicted octanol–water partition coefficient (Wildman–Crippen LogP) is 1.45. The topological polar surface area (TPSA) is 29.5 Å². The number of hydrogen-bond donors (Lipinski definition) is 1. The quantitative estimate of drug-likeness (QED) is 0.549. The van der Waals surface area contributed by atoms with Crippen LogP contribution in [0.25, 0.3) is 0 Å². The van der Waals surface area contributed by atoms with E-state index in [1.807, 2.05) is 0 Å². The Morgan fingerprint density at radius 1 is 1.17 bits per heavy atom. The van der Waals surface area contributed by atoms with E-state index in [1.165, 1.54) is 0 Å². The molecule has 0 aromatic rings. The molecule has 0 aromatic carbocycles. The maximum Gasteiger partial charge on any atom is 0.428 e. The van der Waals surface area contributed by atoms with E-state index in [2.05, 4.69) is 4.74 Å². The van der Waals surface area contributed by atoms with Crippen LogP contribution in [0.3, 0.4) is 0 Å². The van der Waals surface area contributed by atoms with Gasteiger partial charge >= 0.3 is 12.3 Å². The number of rotatable bonds is 3. The average Bonchev–Trinajstić information content (AvgIpc) is 1.84. The van der Waals surface area contributed by atoms with E-state index in [4.69, 9.17) is 5.11 Å². The normalized spacial score (nSPS) is 16.2. The summed E-state index contributed by atoms with van der Waals surface area (Å²) in [6.07, 6.45) is -15.2. The predicted molar refractivity (Wildman–Crippen MR) is 24.1 cm³/mol. The molecule has 74 valence electrons. The minimum atomic E-state index is -5.71. The number of aliphatic hydroxyl groups excluding tert-OH is 1. The largest absolute Gasteiger partial charge is 0.428 e. The number of hydrogen-bond acceptors (Lipinski definition) is 2. The van der Waals surface area contributed by atoms with Crippen molar-refractivity contribution in [3.8, 4) is 0 Å². The molecule has 0 aliphatic carbocycles. The smallest absolute Gasteiger partial charge is 0.370 e. The number of aliphatic hydroxyl groups is 1. The van der Waals surface area contributed by atoms with Crippen LogP contribution in [0, 0.1) is 0 Å². The summed E-state index contributed by atoms with van der Waals surface area (Å²) in [6.45, 7) is -1.69. The molecule has 0 saturated heterocycles. The van der Waals surface area contributed by atoms with Gasteiger partial charge in [0.2, 0.25) is 0 Å². The number of ether oxygens (including phenoxy) is 1. The molecule has 0 spiro atoms. The van der Waals surface area contributed by atoms with E-state index in [0.29, 0.717) is 0 Å². The van der Waals surface area contributed by atoms with Crippen molar-refractivity contribution in [2.24, 2.45) is 0 Å². The first-order chi connectivity index (χ1) is 5.22. The maximum atomic E-state index is 11.8. The Balaban J connectivity index is 4.34. The van der Waals surface area contributed by atoms with Gasteiger partial charge in [-0.2, -0.15) is 22.0 Å². The van der Waals surface area contributed by atoms with Gasteiger partial charge in [-0.1, -0.05) is 0 Å². The highest BCUT2D eigenvalue weighted by atomic mass is 19.4. The highest BCUT2D eigenvalue weighted by Crippen LogP contribution is 2.35. The van der Waals surface area contributed by atoms with Gasteiger partial charge in [0.1, 0.15) is 6.79 Å². The van der Waals surface area contributed by atoms with E-state index in [1.54, 1.807) is 0 Å². The van der Waals surface area contributed by atoms with Crippen LogP contribution in [0.1, 0.15) is 0 Å². The zero-order chi connectivity index (χ0) is 9.99. The van der Waals surface area contributed by atoms with E-state index < -0.39 is 25.2 Å². The molecule has 2 nitrogen and oxygen atoms in total. The first kappa shape index (κ1) is 11.5. The minimum absolute atomic E-state index is 1.69. The van der Waals surface area contributed by atoms with Gasteiger partial charge in [-0.05, 0) is 0 Å². The molecule has 0 saturated carbocycles. The zero-order valence-corrected chi connectivity index (χ0v) is 5.41. The first-order valence-electron chi connectivity index (χ1n) is 2.55. The van der Waals surface area contributed by atoms with Crippen molar-refractivity contribution in [2.45, 2.75) is 18.5 Å². The van der Waals surface area contributed by atoms with E-state index in [-0.39, 0.29) is 0 Å². The van der Waals surface area contributed by atoms with Gasteiger partial charge in [0.25, 0.3) is 6.17 Å². The third-order valence-corrected chi connectivity index (χ3v) is 0.839. The van der Waals surface area contributed by atoms with Crippen LogP contribution in [0.15, 0.2) is 0 Å². The fraction of sp³-hybridized carbons (Fsp3) is 1.00. The third kappa shape index (κ3) is 2.86. The lowest BCUT2D eigenvalue weighted by Crippen LogP contribution is -2.43. The van der Waals surface area contributed by atoms with Crippen molar-refractivity contribution in [3.05, 3.63) is 0 Å². The Labute approximate surface area is 62.7 Å². The lowest BCUT2D eigenvalue weighted by Gasteiger charge is -2.20. The summed E-state index contributed by atoms with van der Waals surface area (Å²) in [7, 11) is 0. The molecule has 0 rings (SSSR count). The molecule has 8 heteroatoms. The molecule has 0 heterocycles. The van der Waals surface area contributed by atoms with Crippen molar-refractivity contribution < 1.29 is 36.2 Å². The summed E-state index contributed by atoms with van der Waals surface area (Å²) in [5.74, 6) is 0. The van der Waals surface area contributed by atoms with Gasteiger partial charge in [-0.15, -0.1) is 0 Å². The molecule has 1 N–H and O–H groups in total. The van der Waals surface area contributed by atoms with Crippen molar-refractivity contribution in [1.29, 1.82) is 0 Å². The van der Waals surface area contributed by atoms with Gasteiger partial charge in [0, 0.05) is 0 Å². The number of halogens is 6. The van der Waals surface area contributed by atoms with E-state index in [0.717, 1.165) is 0 Å². The second-order valence-corrected chi connectivity index (χ2v) is 1.74. The molecule has 0 radical (unpaired) electrons. The maximum absolute atomic E-state index is 11.8. The van der Waals surface area contributed by atoms with Gasteiger partial charge in [-0.25, -0.2) is 4.39 Å². The fourth-order valence-corrected chi connectivity index (χ4v) is 0.350. The Morgan fingerprint density at radius 3 is 1.83 bits per heavy atom. The summed E-state index contributed by atoms with van der Waals surface area (Å²) < 4.78 is 72.0. The average molecular weight is 198 g/mol. The molecule has 1 unspecified atom stereocenters. The third-order valence-electron chi connectivity index (χ3n) is 0.839. The molecule has 0 amide bonds. The molecule has 0 fully saturated rings. The van der Waals surface area contributed by atoms with Crippen LogP contribution in [-0.2, 0) is 4.74 Å². The van der Waals surface area contributed by atoms with E-state index in [9.17, 15) is 26.3 Å². The van der Waals surface area contributed by atoms with Crippen molar-refractivity contribution in [1.82, 2.24) is 0 Å². The molecule has 0 aliphatic rings. The van der Waals surface area contributed by atoms with Gasteiger partial charge in [-0.3, -0.25) is 4.74 Å². The van der Waals surface area contributed by atoms with Crippen molar-refractivity contribution in [2.75, 3.05) is 6.79 Å². The highest BCUT2D eigenvalue weighted by Gasteiger charge is 2.58. The zero-order valence-electron chi connectivity index (χ0n) is 5.41. The fourth-order valence-electron chi connectivity index (χ4n) is 0.350. The molecule has 0 aliphatic heterocycles. The summed E-state index contributed by atoms with van der Waals surface area (Å²) in [5, 5.41) is 7.68. The van der Waals surface area contributed by atoms with Crippen LogP contribution in [0.4, 0.5) is 26.3 Å². The molecular formula is C4H4F6O2. The lowest BCUT2D eigenvalue weighted by molar-refractivity contribution is -0.349. The lowest BCUT2D eigenvalue weighted by atomic mass is 10.3. The van der Waals surface area contributed by atoms with E-state index >= 15 is 0 Å². The summed E-state index contributed by atoms with van der Waals surface area (Å²) >= 11 is 0. The SMILES string of the molecule is OCOC(F)(F)C(F)C(F)(F)F. The second-order valence-electron chi connectivity index (χ2n) is 1.74. The Bertz CT molecular complexity index is 143. The second kappa shape index (κ2) is 3.48. The van der Waals surface area contributed by atoms with Gasteiger partial charge in [0.15, 0.2) is 0 Å². The highest BCUT2D eigenvalue weighted by molar-refractivity contribution is 4.74. The molecule has 0 aromatic heterocycles. The van der Waals surface area contributed by atoms with Crippen molar-refractivity contribution >= 4 is 0 Å². The monoisotopic (exact) mass is 198 g/mol. The molecule has 0 bridgehead atoms. The summed E-state index contributed by atoms with van der Waals surface area (Å²) in [4.78, 5) is 0. The Kier molecular flexibility index (Phi) is 3.34.